The van der Waals surface area contributed by atoms with E-state index >= 15 is 0 Å². The summed E-state index contributed by atoms with van der Waals surface area (Å²) in [4.78, 5) is 23.3. The Labute approximate surface area is 176 Å². The van der Waals surface area contributed by atoms with Gasteiger partial charge < -0.3 is 10.3 Å². The van der Waals surface area contributed by atoms with Crippen LogP contribution in [0.1, 0.15) is 13.3 Å². The average molecular weight is 426 g/mol. The van der Waals surface area contributed by atoms with Crippen molar-refractivity contribution < 1.29 is 4.79 Å². The number of aromatic nitrogens is 2. The van der Waals surface area contributed by atoms with Gasteiger partial charge >= 0.3 is 0 Å². The molecule has 0 radical (unpaired) electrons. The van der Waals surface area contributed by atoms with Crippen LogP contribution in [0.5, 0.6) is 0 Å². The van der Waals surface area contributed by atoms with Crippen LogP contribution in [0.15, 0.2) is 70.5 Å². The maximum absolute atomic E-state index is 12.7. The van der Waals surface area contributed by atoms with Gasteiger partial charge in [-0.2, -0.15) is 0 Å². The smallest absolute Gasteiger partial charge is 0.237 e. The second-order valence-electron chi connectivity index (χ2n) is 6.09. The second kappa shape index (κ2) is 8.77. The molecule has 3 heterocycles. The summed E-state index contributed by atoms with van der Waals surface area (Å²) >= 11 is 4.82. The van der Waals surface area contributed by atoms with Crippen molar-refractivity contribution in [3.8, 4) is 21.1 Å². The fourth-order valence-electron chi connectivity index (χ4n) is 2.80. The number of thioether (sulfide) groups is 1. The molecule has 0 saturated carbocycles. The number of thiophene rings is 2. The molecule has 0 aliphatic rings. The number of H-pyrrole nitrogens is 1. The van der Waals surface area contributed by atoms with Gasteiger partial charge in [-0.05, 0) is 41.4 Å². The quantitative estimate of drug-likeness (QED) is 0.338. The SMILES string of the molecule is CCC(Sc1nc(-c2cccs2)c(-c2cccs2)[nH]1)C(=O)Nc1ccccc1. The van der Waals surface area contributed by atoms with Crippen molar-refractivity contribution in [3.63, 3.8) is 0 Å². The highest BCUT2D eigenvalue weighted by Gasteiger charge is 2.22. The molecule has 4 rings (SSSR count). The number of nitrogens with zero attached hydrogens (tertiary/aromatic N) is 1. The first-order valence-electron chi connectivity index (χ1n) is 8.95. The lowest BCUT2D eigenvalue weighted by Gasteiger charge is -2.13. The fraction of sp³-hybridized carbons (Fsp3) is 0.143. The number of nitrogens with one attached hydrogen (secondary N) is 2. The fourth-order valence-corrected chi connectivity index (χ4v) is 5.15. The van der Waals surface area contributed by atoms with E-state index in [0.717, 1.165) is 32.0 Å². The Hall–Kier alpha value is -2.35. The highest BCUT2D eigenvalue weighted by Crippen LogP contribution is 2.37. The Morgan fingerprint density at radius 2 is 1.79 bits per heavy atom. The van der Waals surface area contributed by atoms with Crippen LogP contribution in [0.25, 0.3) is 21.1 Å². The van der Waals surface area contributed by atoms with Crippen LogP contribution in [0.3, 0.4) is 0 Å². The van der Waals surface area contributed by atoms with E-state index in [9.17, 15) is 4.79 Å². The van der Waals surface area contributed by atoms with Gasteiger partial charge in [0, 0.05) is 5.69 Å². The minimum atomic E-state index is -0.223. The predicted molar refractivity (Wildman–Crippen MR) is 120 cm³/mol. The van der Waals surface area contributed by atoms with Crippen LogP contribution in [-0.4, -0.2) is 21.1 Å². The molecule has 1 amide bonds. The van der Waals surface area contributed by atoms with Gasteiger partial charge in [-0.25, -0.2) is 4.98 Å². The largest absolute Gasteiger partial charge is 0.332 e. The van der Waals surface area contributed by atoms with Crippen molar-refractivity contribution in [2.75, 3.05) is 5.32 Å². The highest BCUT2D eigenvalue weighted by molar-refractivity contribution is 8.00. The summed E-state index contributed by atoms with van der Waals surface area (Å²) in [6.07, 6.45) is 0.715. The molecule has 28 heavy (non-hydrogen) atoms. The van der Waals surface area contributed by atoms with Crippen molar-refractivity contribution in [1.82, 2.24) is 9.97 Å². The number of rotatable bonds is 7. The van der Waals surface area contributed by atoms with E-state index in [2.05, 4.69) is 33.2 Å². The number of amides is 1. The molecular weight excluding hydrogens is 406 g/mol. The second-order valence-corrected chi connectivity index (χ2v) is 9.18. The number of benzene rings is 1. The number of aromatic amines is 1. The molecule has 0 aliphatic heterocycles. The number of carbonyl (C=O) groups excluding carboxylic acids is 1. The van der Waals surface area contributed by atoms with Crippen LogP contribution in [0, 0.1) is 0 Å². The lowest BCUT2D eigenvalue weighted by molar-refractivity contribution is -0.115. The molecule has 4 aromatic rings. The number of hydrogen-bond donors (Lipinski definition) is 2. The molecule has 1 unspecified atom stereocenters. The van der Waals surface area contributed by atoms with Crippen LogP contribution < -0.4 is 5.32 Å². The molecule has 0 bridgehead atoms. The predicted octanol–water partition coefficient (Wildman–Crippen LogP) is 6.38. The number of hydrogen-bond acceptors (Lipinski definition) is 5. The average Bonchev–Trinajstić information content (AvgIpc) is 3.47. The molecule has 1 atom stereocenters. The first-order valence-corrected chi connectivity index (χ1v) is 11.6. The highest BCUT2D eigenvalue weighted by atomic mass is 32.2. The Bertz CT molecular complexity index is 973. The number of para-hydroxylation sites is 1. The van der Waals surface area contributed by atoms with Crippen molar-refractivity contribution in [1.29, 1.82) is 0 Å². The Morgan fingerprint density at radius 1 is 1.07 bits per heavy atom. The maximum Gasteiger partial charge on any atom is 0.237 e. The molecule has 7 heteroatoms. The monoisotopic (exact) mass is 425 g/mol. The van der Waals surface area contributed by atoms with Crippen molar-refractivity contribution in [2.24, 2.45) is 0 Å². The van der Waals surface area contributed by atoms with E-state index in [1.54, 1.807) is 22.7 Å². The van der Waals surface area contributed by atoms with E-state index < -0.39 is 0 Å². The van der Waals surface area contributed by atoms with Crippen molar-refractivity contribution >= 4 is 46.0 Å². The zero-order valence-corrected chi connectivity index (χ0v) is 17.7. The van der Waals surface area contributed by atoms with E-state index in [-0.39, 0.29) is 11.2 Å². The van der Waals surface area contributed by atoms with E-state index in [1.807, 2.05) is 49.4 Å². The van der Waals surface area contributed by atoms with Gasteiger partial charge in [0.15, 0.2) is 5.16 Å². The summed E-state index contributed by atoms with van der Waals surface area (Å²) in [6, 6.07) is 17.8. The van der Waals surface area contributed by atoms with Gasteiger partial charge in [0.25, 0.3) is 0 Å². The molecule has 0 aliphatic carbocycles. The summed E-state index contributed by atoms with van der Waals surface area (Å²) in [5.74, 6) is -0.00885. The minimum absolute atomic E-state index is 0.00885. The van der Waals surface area contributed by atoms with Crippen LogP contribution in [0.4, 0.5) is 5.69 Å². The molecule has 4 nitrogen and oxygen atoms in total. The van der Waals surface area contributed by atoms with Gasteiger partial charge in [-0.1, -0.05) is 49.0 Å². The summed E-state index contributed by atoms with van der Waals surface area (Å²) in [5.41, 5.74) is 2.76. The van der Waals surface area contributed by atoms with Crippen LogP contribution >= 0.6 is 34.4 Å². The van der Waals surface area contributed by atoms with Gasteiger partial charge in [0.1, 0.15) is 5.69 Å². The minimum Gasteiger partial charge on any atom is -0.332 e. The Kier molecular flexibility index (Phi) is 5.95. The molecule has 1 aromatic carbocycles. The summed E-state index contributed by atoms with van der Waals surface area (Å²) < 4.78 is 0. The van der Waals surface area contributed by atoms with Gasteiger partial charge in [0.2, 0.25) is 5.91 Å². The van der Waals surface area contributed by atoms with E-state index in [4.69, 9.17) is 4.98 Å². The lowest BCUT2D eigenvalue weighted by Crippen LogP contribution is -2.24. The standard InChI is InChI=1S/C21H19N3OS3/c1-2-15(20(25)22-14-8-4-3-5-9-14)28-21-23-18(16-10-6-12-26-16)19(24-21)17-11-7-13-27-17/h3-13,15H,2H2,1H3,(H,22,25)(H,23,24). The molecule has 2 N–H and O–H groups in total. The molecule has 3 aromatic heterocycles. The third-order valence-corrected chi connectivity index (χ3v) is 7.18. The number of imidazole rings is 1. The molecule has 0 fully saturated rings. The summed E-state index contributed by atoms with van der Waals surface area (Å²) in [6.45, 7) is 2.02. The molecule has 142 valence electrons. The topological polar surface area (TPSA) is 57.8 Å². The zero-order valence-electron chi connectivity index (χ0n) is 15.2. The van der Waals surface area contributed by atoms with Gasteiger partial charge in [0.05, 0.1) is 20.7 Å². The van der Waals surface area contributed by atoms with Gasteiger partial charge in [-0.3, -0.25) is 4.79 Å². The molecular formula is C21H19N3OS3. The summed E-state index contributed by atoms with van der Waals surface area (Å²) in [7, 11) is 0. The van der Waals surface area contributed by atoms with Gasteiger partial charge in [-0.15, -0.1) is 22.7 Å². The lowest BCUT2D eigenvalue weighted by atomic mass is 10.2. The first-order chi connectivity index (χ1) is 13.7. The van der Waals surface area contributed by atoms with Crippen LogP contribution in [-0.2, 0) is 4.79 Å². The Morgan fingerprint density at radius 3 is 2.43 bits per heavy atom. The zero-order chi connectivity index (χ0) is 19.3. The van der Waals surface area contributed by atoms with E-state index in [0.29, 0.717) is 6.42 Å². The third-order valence-electron chi connectivity index (χ3n) is 4.16. The first kappa shape index (κ1) is 19.0. The number of anilines is 1. The molecule has 0 spiro atoms. The van der Waals surface area contributed by atoms with E-state index in [1.165, 1.54) is 11.8 Å². The maximum atomic E-state index is 12.7. The Balaban J connectivity index is 1.58. The number of carbonyl (C=O) groups is 1. The van der Waals surface area contributed by atoms with Crippen molar-refractivity contribution in [3.05, 3.63) is 65.4 Å². The third kappa shape index (κ3) is 4.22. The summed E-state index contributed by atoms with van der Waals surface area (Å²) in [5, 5.41) is 7.65. The normalized spacial score (nSPS) is 12.0. The molecule has 0 saturated heterocycles. The van der Waals surface area contributed by atoms with Crippen LogP contribution in [0.2, 0.25) is 0 Å². The van der Waals surface area contributed by atoms with Crippen molar-refractivity contribution in [2.45, 2.75) is 23.8 Å².